The number of hydrogen-bond donors (Lipinski definition) is 0. The molecule has 0 aliphatic heterocycles. The van der Waals surface area contributed by atoms with Crippen LogP contribution in [0.4, 0.5) is 0 Å². The average Bonchev–Trinajstić information content (AvgIpc) is 3.01. The molecule has 25 heavy (non-hydrogen) atoms. The summed E-state index contributed by atoms with van der Waals surface area (Å²) in [7, 11) is 1.89. The molecule has 1 aromatic rings. The van der Waals surface area contributed by atoms with Crippen LogP contribution in [0.3, 0.4) is 0 Å². The molecule has 3 atom stereocenters. The molecule has 0 N–H and O–H groups in total. The third kappa shape index (κ3) is 2.51. The van der Waals surface area contributed by atoms with Crippen molar-refractivity contribution in [3.05, 3.63) is 21.9 Å². The smallest absolute Gasteiger partial charge is 0.110 e. The maximum atomic E-state index is 9.28. The van der Waals surface area contributed by atoms with Crippen LogP contribution in [0.15, 0.2) is 12.1 Å². The molecule has 136 valence electrons. The second kappa shape index (κ2) is 6.37. The van der Waals surface area contributed by atoms with Crippen LogP contribution in [0.1, 0.15) is 62.1 Å². The van der Waals surface area contributed by atoms with Crippen LogP contribution < -0.4 is 0 Å². The number of ether oxygens (including phenoxy) is 1. The molecular weight excluding hydrogens is 328 g/mol. The summed E-state index contributed by atoms with van der Waals surface area (Å²) in [5.74, 6) is 2.02. The monoisotopic (exact) mass is 358 g/mol. The van der Waals surface area contributed by atoms with E-state index >= 15 is 0 Å². The molecule has 4 aliphatic rings. The topological polar surface area (TPSA) is 36.3 Å². The first-order valence-corrected chi connectivity index (χ1v) is 10.7. The number of methoxy groups -OCH3 is 1. The van der Waals surface area contributed by atoms with Crippen molar-refractivity contribution < 1.29 is 4.74 Å². The summed E-state index contributed by atoms with van der Waals surface area (Å²) in [6.07, 6.45) is 7.99. The van der Waals surface area contributed by atoms with Gasteiger partial charge in [-0.15, -0.1) is 11.3 Å². The van der Waals surface area contributed by atoms with Gasteiger partial charge in [0.05, 0.1) is 0 Å². The van der Waals surface area contributed by atoms with Crippen molar-refractivity contribution >= 4 is 11.3 Å². The molecule has 1 heterocycles. The number of thiophene rings is 1. The van der Waals surface area contributed by atoms with Gasteiger partial charge in [0.1, 0.15) is 16.5 Å². The Hall–Kier alpha value is -0.890. The minimum absolute atomic E-state index is 0.227. The van der Waals surface area contributed by atoms with Crippen molar-refractivity contribution in [3.8, 4) is 6.07 Å². The van der Waals surface area contributed by atoms with Gasteiger partial charge < -0.3 is 4.74 Å². The van der Waals surface area contributed by atoms with Crippen molar-refractivity contribution in [1.29, 1.82) is 5.26 Å². The summed E-state index contributed by atoms with van der Waals surface area (Å²) < 4.78 is 6.34. The zero-order valence-electron chi connectivity index (χ0n) is 15.8. The van der Waals surface area contributed by atoms with Gasteiger partial charge in [0.25, 0.3) is 0 Å². The largest absolute Gasteiger partial charge is 0.372 e. The second-order valence-electron chi connectivity index (χ2n) is 8.54. The van der Waals surface area contributed by atoms with E-state index in [1.165, 1.54) is 43.4 Å². The highest BCUT2D eigenvalue weighted by Gasteiger charge is 2.60. The van der Waals surface area contributed by atoms with E-state index in [0.717, 1.165) is 23.9 Å². The van der Waals surface area contributed by atoms with Gasteiger partial charge in [0.2, 0.25) is 0 Å². The third-order valence-electron chi connectivity index (χ3n) is 7.47. The Morgan fingerprint density at radius 1 is 1.32 bits per heavy atom. The summed E-state index contributed by atoms with van der Waals surface area (Å²) in [5, 5.41) is 9.28. The molecule has 3 unspecified atom stereocenters. The van der Waals surface area contributed by atoms with Crippen LogP contribution in [0.25, 0.3) is 0 Å². The van der Waals surface area contributed by atoms with Crippen LogP contribution in [-0.2, 0) is 10.3 Å². The SMILES string of the molecule is CCN(CC1CCCC(C)C1(OC)c1ccc(C#N)s1)C12CC(C1)C2. The zero-order chi connectivity index (χ0) is 17.7. The van der Waals surface area contributed by atoms with Crippen LogP contribution in [0.2, 0.25) is 0 Å². The van der Waals surface area contributed by atoms with E-state index in [9.17, 15) is 5.26 Å². The van der Waals surface area contributed by atoms with Crippen LogP contribution in [-0.4, -0.2) is 30.6 Å². The molecule has 0 spiro atoms. The molecule has 3 nitrogen and oxygen atoms in total. The predicted molar refractivity (Wildman–Crippen MR) is 102 cm³/mol. The van der Waals surface area contributed by atoms with Crippen molar-refractivity contribution in [2.24, 2.45) is 17.8 Å². The fourth-order valence-electron chi connectivity index (χ4n) is 5.99. The summed E-state index contributed by atoms with van der Waals surface area (Å²) in [4.78, 5) is 4.83. The number of nitrogens with zero attached hydrogens (tertiary/aromatic N) is 2. The first-order valence-electron chi connectivity index (χ1n) is 9.88. The fourth-order valence-corrected chi connectivity index (χ4v) is 7.16. The quantitative estimate of drug-likeness (QED) is 0.735. The molecule has 4 aliphatic carbocycles. The average molecular weight is 359 g/mol. The van der Waals surface area contributed by atoms with Gasteiger partial charge in [0.15, 0.2) is 0 Å². The van der Waals surface area contributed by atoms with E-state index in [-0.39, 0.29) is 5.60 Å². The lowest BCUT2D eigenvalue weighted by Crippen LogP contribution is -2.69. The minimum atomic E-state index is -0.227. The highest BCUT2D eigenvalue weighted by Crippen LogP contribution is 2.61. The van der Waals surface area contributed by atoms with Crippen molar-refractivity contribution in [2.45, 2.75) is 63.5 Å². The maximum Gasteiger partial charge on any atom is 0.110 e. The summed E-state index contributed by atoms with van der Waals surface area (Å²) in [6, 6.07) is 6.43. The van der Waals surface area contributed by atoms with Gasteiger partial charge >= 0.3 is 0 Å². The molecule has 1 aromatic heterocycles. The van der Waals surface area contributed by atoms with E-state index in [2.05, 4.69) is 30.9 Å². The summed E-state index contributed by atoms with van der Waals surface area (Å²) >= 11 is 1.64. The maximum absolute atomic E-state index is 9.28. The second-order valence-corrected chi connectivity index (χ2v) is 9.63. The minimum Gasteiger partial charge on any atom is -0.372 e. The van der Waals surface area contributed by atoms with E-state index in [1.54, 1.807) is 11.3 Å². The van der Waals surface area contributed by atoms with Crippen LogP contribution >= 0.6 is 11.3 Å². The standard InChI is InChI=1S/C21H30N2OS/c1-4-23(20-10-16(11-20)12-20)14-17-7-5-6-15(2)21(17,24-3)19-9-8-18(13-22)25-19/h8-9,15-17H,4-7,10-12,14H2,1-3H3. The van der Waals surface area contributed by atoms with E-state index < -0.39 is 0 Å². The Balaban J connectivity index is 1.64. The molecule has 0 saturated heterocycles. The van der Waals surface area contributed by atoms with Gasteiger partial charge in [-0.05, 0) is 62.6 Å². The lowest BCUT2D eigenvalue weighted by Gasteiger charge is -2.67. The molecule has 0 amide bonds. The first kappa shape index (κ1) is 17.5. The van der Waals surface area contributed by atoms with Crippen molar-refractivity contribution in [1.82, 2.24) is 4.90 Å². The Labute approximate surface area is 156 Å². The molecule has 5 rings (SSSR count). The molecule has 4 saturated carbocycles. The van der Waals surface area contributed by atoms with E-state index in [0.29, 0.717) is 17.4 Å². The lowest BCUT2D eigenvalue weighted by atomic mass is 9.49. The summed E-state index contributed by atoms with van der Waals surface area (Å²) in [6.45, 7) is 6.95. The summed E-state index contributed by atoms with van der Waals surface area (Å²) in [5.41, 5.74) is 0.293. The Morgan fingerprint density at radius 2 is 2.08 bits per heavy atom. The highest BCUT2D eigenvalue weighted by atomic mass is 32.1. The van der Waals surface area contributed by atoms with Crippen molar-refractivity contribution in [2.75, 3.05) is 20.2 Å². The van der Waals surface area contributed by atoms with Crippen molar-refractivity contribution in [3.63, 3.8) is 0 Å². The molecular formula is C21H30N2OS. The molecule has 4 fully saturated rings. The Bertz CT molecular complexity index is 661. The Kier molecular flexibility index (Phi) is 4.46. The van der Waals surface area contributed by atoms with E-state index in [1.807, 2.05) is 13.2 Å². The molecule has 2 bridgehead atoms. The third-order valence-corrected chi connectivity index (χ3v) is 8.59. The molecule has 0 radical (unpaired) electrons. The normalized spacial score (nSPS) is 39.6. The molecule has 0 aromatic carbocycles. The highest BCUT2D eigenvalue weighted by molar-refractivity contribution is 7.12. The van der Waals surface area contributed by atoms with Gasteiger partial charge in [0, 0.05) is 30.0 Å². The fraction of sp³-hybridized carbons (Fsp3) is 0.762. The van der Waals surface area contributed by atoms with Gasteiger partial charge in [-0.1, -0.05) is 20.3 Å². The zero-order valence-corrected chi connectivity index (χ0v) is 16.6. The Morgan fingerprint density at radius 3 is 2.60 bits per heavy atom. The van der Waals surface area contributed by atoms with Gasteiger partial charge in [-0.25, -0.2) is 0 Å². The molecule has 4 heteroatoms. The first-order chi connectivity index (χ1) is 12.1. The van der Waals surface area contributed by atoms with Gasteiger partial charge in [-0.3, -0.25) is 4.90 Å². The van der Waals surface area contributed by atoms with E-state index in [4.69, 9.17) is 4.74 Å². The van der Waals surface area contributed by atoms with Crippen LogP contribution in [0.5, 0.6) is 0 Å². The number of rotatable bonds is 6. The van der Waals surface area contributed by atoms with Gasteiger partial charge in [-0.2, -0.15) is 5.26 Å². The predicted octanol–water partition coefficient (Wildman–Crippen LogP) is 4.77. The number of nitriles is 1. The lowest BCUT2D eigenvalue weighted by molar-refractivity contribution is -0.177. The van der Waals surface area contributed by atoms with Crippen LogP contribution in [0, 0.1) is 29.1 Å². The number of hydrogen-bond acceptors (Lipinski definition) is 4.